The maximum Gasteiger partial charge on any atom is 0.246 e. The fourth-order valence-electron chi connectivity index (χ4n) is 4.31. The minimum absolute atomic E-state index is 0. The van der Waals surface area contributed by atoms with Gasteiger partial charge in [-0.05, 0) is 48.2 Å². The standard InChI is InChI=1S/C25H25FN4O2.H2S/c1-14-23-21(30(3)15(2)25(31)29-23)11-22(28-14)27-12-16-4-9-20-18(10-16)13-32-24(20)17-5-7-19(26)8-6-17;/h4-11,15,24H,12-13H2,1-3H3,(H,27,28)(H,29,31);1H2/t15-,24+;/m0./s1. The van der Waals surface area contributed by atoms with Gasteiger partial charge in [0.2, 0.25) is 5.91 Å². The molecule has 0 saturated heterocycles. The lowest BCUT2D eigenvalue weighted by Crippen LogP contribution is -2.44. The Bertz CT molecular complexity index is 1200. The summed E-state index contributed by atoms with van der Waals surface area (Å²) in [6.45, 7) is 4.93. The lowest BCUT2D eigenvalue weighted by molar-refractivity contribution is -0.117. The monoisotopic (exact) mass is 466 g/mol. The zero-order chi connectivity index (χ0) is 22.4. The van der Waals surface area contributed by atoms with Crippen LogP contribution in [0.15, 0.2) is 48.5 Å². The van der Waals surface area contributed by atoms with Gasteiger partial charge in [-0.25, -0.2) is 9.37 Å². The molecular formula is C25H27FN4O2S. The van der Waals surface area contributed by atoms with E-state index in [0.717, 1.165) is 45.1 Å². The number of carbonyl (C=O) groups excluding carboxylic acids is 1. The largest absolute Gasteiger partial charge is 0.366 e. The van der Waals surface area contributed by atoms with Gasteiger partial charge < -0.3 is 20.3 Å². The Morgan fingerprint density at radius 3 is 2.73 bits per heavy atom. The van der Waals surface area contributed by atoms with Crippen molar-refractivity contribution in [3.8, 4) is 0 Å². The third-order valence-corrected chi connectivity index (χ3v) is 6.31. The van der Waals surface area contributed by atoms with Crippen molar-refractivity contribution in [1.29, 1.82) is 0 Å². The normalized spacial score (nSPS) is 18.8. The van der Waals surface area contributed by atoms with Crippen molar-refractivity contribution >= 4 is 36.6 Å². The smallest absolute Gasteiger partial charge is 0.246 e. The molecule has 1 aromatic heterocycles. The molecule has 0 unspecified atom stereocenters. The summed E-state index contributed by atoms with van der Waals surface area (Å²) in [5, 5.41) is 6.36. The quantitative estimate of drug-likeness (QED) is 0.586. The van der Waals surface area contributed by atoms with Crippen molar-refractivity contribution in [2.45, 2.75) is 39.1 Å². The summed E-state index contributed by atoms with van der Waals surface area (Å²) in [5.74, 6) is 0.491. The average molecular weight is 467 g/mol. The Kier molecular flexibility index (Phi) is 6.32. The van der Waals surface area contributed by atoms with E-state index in [1.165, 1.54) is 12.1 Å². The highest BCUT2D eigenvalue weighted by molar-refractivity contribution is 7.59. The Balaban J connectivity index is 0.00000259. The molecule has 5 rings (SSSR count). The molecule has 1 amide bonds. The van der Waals surface area contributed by atoms with Gasteiger partial charge in [-0.15, -0.1) is 0 Å². The Hall–Kier alpha value is -3.10. The van der Waals surface area contributed by atoms with Crippen molar-refractivity contribution in [2.24, 2.45) is 0 Å². The van der Waals surface area contributed by atoms with Crippen LogP contribution in [0.4, 0.5) is 21.6 Å². The van der Waals surface area contributed by atoms with Crippen molar-refractivity contribution in [3.05, 3.63) is 82.3 Å². The highest BCUT2D eigenvalue weighted by Gasteiger charge is 2.29. The molecule has 2 atom stereocenters. The van der Waals surface area contributed by atoms with Gasteiger partial charge in [0, 0.05) is 19.7 Å². The maximum absolute atomic E-state index is 13.2. The van der Waals surface area contributed by atoms with Gasteiger partial charge in [0.1, 0.15) is 23.8 Å². The summed E-state index contributed by atoms with van der Waals surface area (Å²) in [6, 6.07) is 14.5. The minimum Gasteiger partial charge on any atom is -0.366 e. The van der Waals surface area contributed by atoms with E-state index in [4.69, 9.17) is 4.74 Å². The third-order valence-electron chi connectivity index (χ3n) is 6.31. The molecular weight excluding hydrogens is 439 g/mol. The van der Waals surface area contributed by atoms with Crippen molar-refractivity contribution in [3.63, 3.8) is 0 Å². The first-order valence-electron chi connectivity index (χ1n) is 10.7. The Labute approximate surface area is 199 Å². The second kappa shape index (κ2) is 9.03. The minimum atomic E-state index is -0.248. The number of amides is 1. The fraction of sp³-hybridized carbons (Fsp3) is 0.280. The molecule has 172 valence electrons. The van der Waals surface area contributed by atoms with Crippen LogP contribution in [0.2, 0.25) is 0 Å². The lowest BCUT2D eigenvalue weighted by Gasteiger charge is -2.34. The summed E-state index contributed by atoms with van der Waals surface area (Å²) >= 11 is 0. The van der Waals surface area contributed by atoms with Crippen LogP contribution in [0, 0.1) is 12.7 Å². The predicted molar refractivity (Wildman–Crippen MR) is 133 cm³/mol. The number of hydrogen-bond donors (Lipinski definition) is 2. The number of fused-ring (bicyclic) bond motifs is 2. The first-order valence-corrected chi connectivity index (χ1v) is 10.7. The molecule has 0 aliphatic carbocycles. The van der Waals surface area contributed by atoms with Gasteiger partial charge in [-0.3, -0.25) is 4.79 Å². The SMILES string of the molecule is Cc1nc(NCc2ccc3c(c2)CO[C@@H]3c2ccc(F)cc2)cc2c1NC(=O)[C@H](C)N2C.S. The van der Waals surface area contributed by atoms with Gasteiger partial charge in [0.15, 0.2) is 0 Å². The zero-order valence-corrected chi connectivity index (χ0v) is 19.8. The number of nitrogens with one attached hydrogen (secondary N) is 2. The summed E-state index contributed by atoms with van der Waals surface area (Å²) in [7, 11) is 1.92. The molecule has 8 heteroatoms. The molecule has 2 aliphatic rings. The van der Waals surface area contributed by atoms with E-state index in [-0.39, 0.29) is 37.4 Å². The average Bonchev–Trinajstić information content (AvgIpc) is 3.21. The second-order valence-electron chi connectivity index (χ2n) is 8.39. The number of aromatic nitrogens is 1. The molecule has 0 bridgehead atoms. The molecule has 6 nitrogen and oxygen atoms in total. The van der Waals surface area contributed by atoms with Crippen molar-refractivity contribution in [2.75, 3.05) is 22.6 Å². The second-order valence-corrected chi connectivity index (χ2v) is 8.39. The number of ether oxygens (including phenoxy) is 1. The predicted octanol–water partition coefficient (Wildman–Crippen LogP) is 4.65. The zero-order valence-electron chi connectivity index (χ0n) is 18.8. The van der Waals surface area contributed by atoms with Gasteiger partial charge in [0.25, 0.3) is 0 Å². The van der Waals surface area contributed by atoms with E-state index in [2.05, 4.69) is 33.8 Å². The van der Waals surface area contributed by atoms with E-state index in [1.807, 2.05) is 31.9 Å². The Morgan fingerprint density at radius 2 is 1.97 bits per heavy atom. The first kappa shape index (κ1) is 23.1. The molecule has 0 radical (unpaired) electrons. The summed E-state index contributed by atoms with van der Waals surface area (Å²) in [4.78, 5) is 18.7. The van der Waals surface area contributed by atoms with E-state index >= 15 is 0 Å². The van der Waals surface area contributed by atoms with Crippen LogP contribution < -0.4 is 15.5 Å². The van der Waals surface area contributed by atoms with Crippen LogP contribution in [0.1, 0.15) is 41.0 Å². The first-order chi connectivity index (χ1) is 15.4. The molecule has 2 aromatic carbocycles. The summed E-state index contributed by atoms with van der Waals surface area (Å²) in [5.41, 5.74) is 6.84. The van der Waals surface area contributed by atoms with E-state index in [1.54, 1.807) is 12.1 Å². The van der Waals surface area contributed by atoms with Crippen LogP contribution in [0.3, 0.4) is 0 Å². The topological polar surface area (TPSA) is 66.5 Å². The molecule has 3 heterocycles. The number of pyridine rings is 1. The van der Waals surface area contributed by atoms with Crippen LogP contribution in [-0.4, -0.2) is 24.0 Å². The Morgan fingerprint density at radius 1 is 1.21 bits per heavy atom. The lowest BCUT2D eigenvalue weighted by atomic mass is 9.97. The summed E-state index contributed by atoms with van der Waals surface area (Å²) in [6.07, 6.45) is -0.162. The number of carbonyl (C=O) groups is 1. The number of hydrogen-bond acceptors (Lipinski definition) is 5. The van der Waals surface area contributed by atoms with Gasteiger partial charge in [-0.1, -0.05) is 30.3 Å². The van der Waals surface area contributed by atoms with Gasteiger partial charge in [0.05, 0.1) is 23.7 Å². The van der Waals surface area contributed by atoms with Crippen molar-refractivity contribution < 1.29 is 13.9 Å². The van der Waals surface area contributed by atoms with Crippen LogP contribution >= 0.6 is 13.5 Å². The molecule has 0 saturated carbocycles. The number of aryl methyl sites for hydroxylation is 1. The fourth-order valence-corrected chi connectivity index (χ4v) is 4.31. The van der Waals surface area contributed by atoms with E-state index in [0.29, 0.717) is 13.2 Å². The maximum atomic E-state index is 13.2. The number of halogens is 1. The number of nitrogens with zero attached hydrogens (tertiary/aromatic N) is 2. The molecule has 0 spiro atoms. The number of anilines is 3. The van der Waals surface area contributed by atoms with Crippen LogP contribution in [0.5, 0.6) is 0 Å². The molecule has 2 N–H and O–H groups in total. The van der Waals surface area contributed by atoms with Crippen LogP contribution in [-0.2, 0) is 22.7 Å². The molecule has 2 aliphatic heterocycles. The molecule has 0 fully saturated rings. The van der Waals surface area contributed by atoms with Crippen molar-refractivity contribution in [1.82, 2.24) is 4.98 Å². The number of rotatable bonds is 4. The number of benzene rings is 2. The van der Waals surface area contributed by atoms with Gasteiger partial charge in [-0.2, -0.15) is 13.5 Å². The highest BCUT2D eigenvalue weighted by atomic mass is 32.1. The van der Waals surface area contributed by atoms with E-state index < -0.39 is 0 Å². The highest BCUT2D eigenvalue weighted by Crippen LogP contribution is 2.37. The van der Waals surface area contributed by atoms with E-state index in [9.17, 15) is 9.18 Å². The number of likely N-dealkylation sites (N-methyl/N-ethyl adjacent to an activating group) is 1. The third kappa shape index (κ3) is 4.28. The summed E-state index contributed by atoms with van der Waals surface area (Å²) < 4.78 is 19.2. The van der Waals surface area contributed by atoms with Crippen LogP contribution in [0.25, 0.3) is 0 Å². The van der Waals surface area contributed by atoms with Gasteiger partial charge >= 0.3 is 0 Å². The molecule has 33 heavy (non-hydrogen) atoms. The molecule has 3 aromatic rings.